The molecule has 0 unspecified atom stereocenters. The standard InChI is InChI=1S/C16H20N2O2S/c1-3-4-8-20-9-7-18-16(19)15-14(17)12-10-11(2)5-6-13(12)21-15/h3,5-6,10H,1,4,7-9,17H2,2H3,(H,18,19). The van der Waals surface area contributed by atoms with E-state index in [1.54, 1.807) is 6.08 Å². The molecule has 0 radical (unpaired) electrons. The van der Waals surface area contributed by atoms with Gasteiger partial charge in [-0.3, -0.25) is 4.79 Å². The Morgan fingerprint density at radius 2 is 2.29 bits per heavy atom. The number of ether oxygens (including phenoxy) is 1. The molecule has 0 bridgehead atoms. The van der Waals surface area contributed by atoms with Crippen LogP contribution in [-0.2, 0) is 4.74 Å². The normalized spacial score (nSPS) is 10.7. The monoisotopic (exact) mass is 304 g/mol. The molecule has 3 N–H and O–H groups in total. The topological polar surface area (TPSA) is 64.3 Å². The Hall–Kier alpha value is -1.85. The summed E-state index contributed by atoms with van der Waals surface area (Å²) >= 11 is 1.42. The number of thiophene rings is 1. The molecule has 112 valence electrons. The third-order valence-electron chi connectivity index (χ3n) is 3.09. The van der Waals surface area contributed by atoms with Gasteiger partial charge in [0.05, 0.1) is 18.9 Å². The summed E-state index contributed by atoms with van der Waals surface area (Å²) in [4.78, 5) is 12.7. The molecule has 0 aliphatic heterocycles. The third-order valence-corrected chi connectivity index (χ3v) is 4.27. The molecular weight excluding hydrogens is 284 g/mol. The van der Waals surface area contributed by atoms with Crippen LogP contribution in [0.15, 0.2) is 30.9 Å². The lowest BCUT2D eigenvalue weighted by atomic mass is 10.1. The highest BCUT2D eigenvalue weighted by Gasteiger charge is 2.15. The fourth-order valence-corrected chi connectivity index (χ4v) is 3.00. The van der Waals surface area contributed by atoms with Gasteiger partial charge in [0.2, 0.25) is 0 Å². The second-order valence-electron chi connectivity index (χ2n) is 4.79. The summed E-state index contributed by atoms with van der Waals surface area (Å²) in [6.07, 6.45) is 2.62. The number of rotatable bonds is 7. The second-order valence-corrected chi connectivity index (χ2v) is 5.84. The summed E-state index contributed by atoms with van der Waals surface area (Å²) in [7, 11) is 0. The van der Waals surface area contributed by atoms with Crippen molar-refractivity contribution in [2.24, 2.45) is 0 Å². The van der Waals surface area contributed by atoms with Crippen LogP contribution < -0.4 is 11.1 Å². The number of nitrogen functional groups attached to an aromatic ring is 1. The van der Waals surface area contributed by atoms with Gasteiger partial charge >= 0.3 is 0 Å². The summed E-state index contributed by atoms with van der Waals surface area (Å²) in [5.74, 6) is -0.140. The molecule has 0 saturated carbocycles. The van der Waals surface area contributed by atoms with Crippen molar-refractivity contribution in [3.63, 3.8) is 0 Å². The lowest BCUT2D eigenvalue weighted by Crippen LogP contribution is -2.27. The Bertz CT molecular complexity index is 649. The van der Waals surface area contributed by atoms with E-state index < -0.39 is 0 Å². The number of hydrogen-bond acceptors (Lipinski definition) is 4. The Balaban J connectivity index is 1.96. The van der Waals surface area contributed by atoms with Crippen LogP contribution in [0.5, 0.6) is 0 Å². The minimum Gasteiger partial charge on any atom is -0.397 e. The maximum Gasteiger partial charge on any atom is 0.263 e. The average molecular weight is 304 g/mol. The Morgan fingerprint density at radius 1 is 1.48 bits per heavy atom. The maximum absolute atomic E-state index is 12.2. The molecule has 0 fully saturated rings. The maximum atomic E-state index is 12.2. The number of fused-ring (bicyclic) bond motifs is 1. The highest BCUT2D eigenvalue weighted by molar-refractivity contribution is 7.21. The molecular formula is C16H20N2O2S. The van der Waals surface area contributed by atoms with Gasteiger partial charge in [0, 0.05) is 16.6 Å². The number of nitrogens with one attached hydrogen (secondary N) is 1. The number of carbonyl (C=O) groups is 1. The van der Waals surface area contributed by atoms with E-state index in [9.17, 15) is 4.79 Å². The van der Waals surface area contributed by atoms with E-state index in [0.29, 0.717) is 30.3 Å². The van der Waals surface area contributed by atoms with Gasteiger partial charge in [-0.1, -0.05) is 17.7 Å². The molecule has 0 aliphatic carbocycles. The summed E-state index contributed by atoms with van der Waals surface area (Å²) in [6, 6.07) is 6.03. The summed E-state index contributed by atoms with van der Waals surface area (Å²) in [5, 5.41) is 3.78. The molecule has 1 amide bonds. The first kappa shape index (κ1) is 15.5. The average Bonchev–Trinajstić information content (AvgIpc) is 2.79. The molecule has 2 rings (SSSR count). The zero-order chi connectivity index (χ0) is 15.2. The predicted molar refractivity (Wildman–Crippen MR) is 88.9 cm³/mol. The van der Waals surface area contributed by atoms with E-state index in [1.165, 1.54) is 11.3 Å². The van der Waals surface area contributed by atoms with E-state index in [0.717, 1.165) is 22.1 Å². The van der Waals surface area contributed by atoms with E-state index in [1.807, 2.05) is 25.1 Å². The molecule has 0 spiro atoms. The molecule has 1 heterocycles. The lowest BCUT2D eigenvalue weighted by Gasteiger charge is -2.05. The minimum atomic E-state index is -0.140. The molecule has 21 heavy (non-hydrogen) atoms. The molecule has 0 atom stereocenters. The van der Waals surface area contributed by atoms with Gasteiger partial charge in [0.25, 0.3) is 5.91 Å². The van der Waals surface area contributed by atoms with Crippen LogP contribution in [0.3, 0.4) is 0 Å². The summed E-state index contributed by atoms with van der Waals surface area (Å²) in [5.41, 5.74) is 7.78. The van der Waals surface area contributed by atoms with Crippen LogP contribution in [0, 0.1) is 6.92 Å². The Morgan fingerprint density at radius 3 is 3.05 bits per heavy atom. The van der Waals surface area contributed by atoms with E-state index in [4.69, 9.17) is 10.5 Å². The van der Waals surface area contributed by atoms with Crippen LogP contribution in [0.2, 0.25) is 0 Å². The predicted octanol–water partition coefficient (Wildman–Crippen LogP) is 3.11. The molecule has 5 heteroatoms. The van der Waals surface area contributed by atoms with Crippen molar-refractivity contribution in [3.8, 4) is 0 Å². The van der Waals surface area contributed by atoms with Crippen molar-refractivity contribution in [1.82, 2.24) is 5.32 Å². The zero-order valence-electron chi connectivity index (χ0n) is 12.1. The molecule has 0 aliphatic rings. The van der Waals surface area contributed by atoms with E-state index >= 15 is 0 Å². The fourth-order valence-electron chi connectivity index (χ4n) is 1.98. The van der Waals surface area contributed by atoms with Gasteiger partial charge in [-0.05, 0) is 25.5 Å². The zero-order valence-corrected chi connectivity index (χ0v) is 13.0. The van der Waals surface area contributed by atoms with Crippen molar-refractivity contribution in [2.75, 3.05) is 25.5 Å². The smallest absolute Gasteiger partial charge is 0.263 e. The second kappa shape index (κ2) is 7.24. The number of carbonyl (C=O) groups excluding carboxylic acids is 1. The lowest BCUT2D eigenvalue weighted by molar-refractivity contribution is 0.0922. The highest BCUT2D eigenvalue weighted by atomic mass is 32.1. The number of aryl methyl sites for hydroxylation is 1. The number of nitrogens with two attached hydrogens (primary N) is 1. The first-order valence-corrected chi connectivity index (χ1v) is 7.70. The Kier molecular flexibility index (Phi) is 5.36. The van der Waals surface area contributed by atoms with E-state index in [2.05, 4.69) is 11.9 Å². The van der Waals surface area contributed by atoms with Crippen LogP contribution >= 0.6 is 11.3 Å². The fraction of sp³-hybridized carbons (Fsp3) is 0.312. The van der Waals surface area contributed by atoms with Crippen LogP contribution in [0.4, 0.5) is 5.69 Å². The van der Waals surface area contributed by atoms with E-state index in [-0.39, 0.29) is 5.91 Å². The SMILES string of the molecule is C=CCCOCCNC(=O)c1sc2ccc(C)cc2c1N. The first-order valence-electron chi connectivity index (χ1n) is 6.89. The van der Waals surface area contributed by atoms with Gasteiger partial charge in [0.15, 0.2) is 0 Å². The van der Waals surface area contributed by atoms with Crippen LogP contribution in [0.25, 0.3) is 10.1 Å². The molecule has 4 nitrogen and oxygen atoms in total. The molecule has 1 aromatic heterocycles. The van der Waals surface area contributed by atoms with Crippen molar-refractivity contribution in [2.45, 2.75) is 13.3 Å². The third kappa shape index (κ3) is 3.83. The quantitative estimate of drug-likeness (QED) is 0.610. The minimum absolute atomic E-state index is 0.140. The van der Waals surface area contributed by atoms with Gasteiger partial charge in [-0.2, -0.15) is 0 Å². The van der Waals surface area contributed by atoms with Gasteiger partial charge in [-0.25, -0.2) is 0 Å². The first-order chi connectivity index (χ1) is 10.1. The highest BCUT2D eigenvalue weighted by Crippen LogP contribution is 2.34. The largest absolute Gasteiger partial charge is 0.397 e. The van der Waals surface area contributed by atoms with Crippen molar-refractivity contribution in [1.29, 1.82) is 0 Å². The van der Waals surface area contributed by atoms with Crippen molar-refractivity contribution in [3.05, 3.63) is 41.3 Å². The van der Waals surface area contributed by atoms with Gasteiger partial charge in [0.1, 0.15) is 4.88 Å². The van der Waals surface area contributed by atoms with Gasteiger partial charge < -0.3 is 15.8 Å². The Labute approximate surface area is 128 Å². The molecule has 1 aromatic carbocycles. The van der Waals surface area contributed by atoms with Gasteiger partial charge in [-0.15, -0.1) is 17.9 Å². The van der Waals surface area contributed by atoms with Crippen LogP contribution in [0.1, 0.15) is 21.7 Å². The van der Waals surface area contributed by atoms with Crippen molar-refractivity contribution < 1.29 is 9.53 Å². The number of hydrogen-bond donors (Lipinski definition) is 2. The van der Waals surface area contributed by atoms with Crippen LogP contribution in [-0.4, -0.2) is 25.7 Å². The number of amides is 1. The van der Waals surface area contributed by atoms with Crippen molar-refractivity contribution >= 4 is 33.0 Å². The molecule has 2 aromatic rings. The summed E-state index contributed by atoms with van der Waals surface area (Å²) in [6.45, 7) is 7.22. The molecule has 0 saturated heterocycles. The number of benzene rings is 1. The summed E-state index contributed by atoms with van der Waals surface area (Å²) < 4.78 is 6.38. The number of anilines is 1.